The van der Waals surface area contributed by atoms with Crippen LogP contribution in [0.2, 0.25) is 0 Å². The number of fused-ring (bicyclic) bond motifs is 1. The largest absolute Gasteiger partial charge is 0.399 e. The summed E-state index contributed by atoms with van der Waals surface area (Å²) in [5.74, 6) is 0.615. The van der Waals surface area contributed by atoms with Crippen molar-refractivity contribution in [2.24, 2.45) is 0 Å². The van der Waals surface area contributed by atoms with Gasteiger partial charge in [-0.25, -0.2) is 4.98 Å². The molecule has 3 aromatic carbocycles. The summed E-state index contributed by atoms with van der Waals surface area (Å²) >= 11 is 0. The number of para-hydroxylation sites is 1. The monoisotopic (exact) mass is 313 g/mol. The molecule has 0 amide bonds. The number of rotatable bonds is 2. The maximum Gasteiger partial charge on any atom is 0.266 e. The molecule has 4 heteroatoms. The number of hydrogen-bond acceptors (Lipinski definition) is 3. The van der Waals surface area contributed by atoms with E-state index in [1.807, 2.05) is 60.7 Å². The van der Waals surface area contributed by atoms with Gasteiger partial charge in [0.25, 0.3) is 5.56 Å². The average Bonchev–Trinajstić information content (AvgIpc) is 2.63. The van der Waals surface area contributed by atoms with E-state index in [1.54, 1.807) is 22.8 Å². The van der Waals surface area contributed by atoms with Gasteiger partial charge in [0.15, 0.2) is 0 Å². The maximum absolute atomic E-state index is 13.1. The molecule has 4 rings (SSSR count). The van der Waals surface area contributed by atoms with Gasteiger partial charge in [0.1, 0.15) is 5.82 Å². The molecule has 0 aliphatic carbocycles. The van der Waals surface area contributed by atoms with E-state index in [0.717, 1.165) is 11.3 Å². The lowest BCUT2D eigenvalue weighted by molar-refractivity contribution is 0.976. The Kier molecular flexibility index (Phi) is 3.35. The van der Waals surface area contributed by atoms with Gasteiger partial charge in [0.2, 0.25) is 0 Å². The SMILES string of the molecule is Nc1ccc(-n2c(-c3ccccc3)nc3ccccc3c2=O)cc1. The van der Waals surface area contributed by atoms with Crippen molar-refractivity contribution in [1.29, 1.82) is 0 Å². The second-order valence-electron chi connectivity index (χ2n) is 5.55. The van der Waals surface area contributed by atoms with Crippen LogP contribution in [0.15, 0.2) is 83.7 Å². The van der Waals surface area contributed by atoms with E-state index in [2.05, 4.69) is 0 Å². The Hall–Kier alpha value is -3.40. The lowest BCUT2D eigenvalue weighted by Gasteiger charge is -2.14. The highest BCUT2D eigenvalue weighted by Gasteiger charge is 2.13. The Morgan fingerprint density at radius 3 is 2.21 bits per heavy atom. The molecule has 2 N–H and O–H groups in total. The molecule has 0 unspecified atom stereocenters. The zero-order chi connectivity index (χ0) is 16.5. The van der Waals surface area contributed by atoms with Crippen LogP contribution in [0.3, 0.4) is 0 Å². The summed E-state index contributed by atoms with van der Waals surface area (Å²) in [7, 11) is 0. The maximum atomic E-state index is 13.1. The van der Waals surface area contributed by atoms with Crippen LogP contribution in [-0.2, 0) is 0 Å². The predicted octanol–water partition coefficient (Wildman–Crippen LogP) is 3.63. The summed E-state index contributed by atoms with van der Waals surface area (Å²) < 4.78 is 1.64. The van der Waals surface area contributed by atoms with E-state index in [9.17, 15) is 4.79 Å². The van der Waals surface area contributed by atoms with E-state index in [-0.39, 0.29) is 5.56 Å². The molecular formula is C20H15N3O. The molecule has 24 heavy (non-hydrogen) atoms. The van der Waals surface area contributed by atoms with Crippen LogP contribution < -0.4 is 11.3 Å². The molecule has 0 spiro atoms. The number of aromatic nitrogens is 2. The van der Waals surface area contributed by atoms with E-state index in [4.69, 9.17) is 10.7 Å². The third-order valence-electron chi connectivity index (χ3n) is 3.96. The number of nitrogen functional groups attached to an aromatic ring is 1. The van der Waals surface area contributed by atoms with Gasteiger partial charge in [-0.1, -0.05) is 42.5 Å². The Labute approximate surface area is 138 Å². The topological polar surface area (TPSA) is 60.9 Å². The fourth-order valence-corrected chi connectivity index (χ4v) is 2.78. The normalized spacial score (nSPS) is 10.8. The van der Waals surface area contributed by atoms with Crippen LogP contribution in [0.5, 0.6) is 0 Å². The van der Waals surface area contributed by atoms with E-state index < -0.39 is 0 Å². The van der Waals surface area contributed by atoms with E-state index in [0.29, 0.717) is 22.4 Å². The molecule has 116 valence electrons. The van der Waals surface area contributed by atoms with Crippen LogP contribution in [0, 0.1) is 0 Å². The van der Waals surface area contributed by atoms with Crippen molar-refractivity contribution in [3.8, 4) is 17.1 Å². The van der Waals surface area contributed by atoms with Crippen molar-refractivity contribution in [3.05, 3.63) is 89.2 Å². The fourth-order valence-electron chi connectivity index (χ4n) is 2.78. The molecule has 0 aliphatic rings. The number of nitrogens with two attached hydrogens (primary N) is 1. The van der Waals surface area contributed by atoms with Crippen LogP contribution in [0.1, 0.15) is 0 Å². The highest BCUT2D eigenvalue weighted by atomic mass is 16.1. The van der Waals surface area contributed by atoms with Gasteiger partial charge >= 0.3 is 0 Å². The Morgan fingerprint density at radius 1 is 0.792 bits per heavy atom. The summed E-state index contributed by atoms with van der Waals surface area (Å²) in [5.41, 5.74) is 8.66. The first-order valence-electron chi connectivity index (χ1n) is 7.67. The van der Waals surface area contributed by atoms with E-state index in [1.165, 1.54) is 0 Å². The summed E-state index contributed by atoms with van der Waals surface area (Å²) in [5, 5.41) is 0.592. The van der Waals surface area contributed by atoms with Gasteiger partial charge in [-0.15, -0.1) is 0 Å². The van der Waals surface area contributed by atoms with E-state index >= 15 is 0 Å². The number of hydrogen-bond donors (Lipinski definition) is 1. The molecule has 0 saturated heterocycles. The van der Waals surface area contributed by atoms with Gasteiger partial charge in [0, 0.05) is 11.3 Å². The van der Waals surface area contributed by atoms with Crippen molar-refractivity contribution in [2.45, 2.75) is 0 Å². The molecule has 0 saturated carbocycles. The third-order valence-corrected chi connectivity index (χ3v) is 3.96. The summed E-state index contributed by atoms with van der Waals surface area (Å²) in [6.07, 6.45) is 0. The van der Waals surface area contributed by atoms with Gasteiger partial charge in [-0.2, -0.15) is 0 Å². The Morgan fingerprint density at radius 2 is 1.46 bits per heavy atom. The lowest BCUT2D eigenvalue weighted by atomic mass is 10.1. The zero-order valence-electron chi connectivity index (χ0n) is 12.9. The number of benzene rings is 3. The van der Waals surface area contributed by atoms with Gasteiger partial charge in [0.05, 0.1) is 16.6 Å². The molecule has 1 heterocycles. The minimum atomic E-state index is -0.0933. The molecule has 4 nitrogen and oxygen atoms in total. The smallest absolute Gasteiger partial charge is 0.266 e. The van der Waals surface area contributed by atoms with Gasteiger partial charge < -0.3 is 5.73 Å². The Bertz CT molecular complexity index is 1070. The van der Waals surface area contributed by atoms with Gasteiger partial charge in [-0.3, -0.25) is 9.36 Å². The first-order chi connectivity index (χ1) is 11.7. The highest BCUT2D eigenvalue weighted by Crippen LogP contribution is 2.22. The minimum absolute atomic E-state index is 0.0933. The summed E-state index contributed by atoms with van der Waals surface area (Å²) in [6.45, 7) is 0. The molecule has 0 aliphatic heterocycles. The highest BCUT2D eigenvalue weighted by molar-refractivity contribution is 5.80. The van der Waals surface area contributed by atoms with Crippen molar-refractivity contribution in [2.75, 3.05) is 5.73 Å². The average molecular weight is 313 g/mol. The second kappa shape index (κ2) is 5.66. The molecule has 0 fully saturated rings. The van der Waals surface area contributed by atoms with Crippen LogP contribution in [-0.4, -0.2) is 9.55 Å². The Balaban J connectivity index is 2.11. The lowest BCUT2D eigenvalue weighted by Crippen LogP contribution is -2.21. The summed E-state index contributed by atoms with van der Waals surface area (Å²) in [4.78, 5) is 17.8. The van der Waals surface area contributed by atoms with Crippen LogP contribution in [0.4, 0.5) is 5.69 Å². The van der Waals surface area contributed by atoms with Gasteiger partial charge in [-0.05, 0) is 36.4 Å². The number of nitrogens with zero attached hydrogens (tertiary/aromatic N) is 2. The first-order valence-corrected chi connectivity index (χ1v) is 7.67. The second-order valence-corrected chi connectivity index (χ2v) is 5.55. The fraction of sp³-hybridized carbons (Fsp3) is 0. The van der Waals surface area contributed by atoms with Crippen LogP contribution in [0.25, 0.3) is 28.0 Å². The molecule has 0 atom stereocenters. The minimum Gasteiger partial charge on any atom is -0.399 e. The van der Waals surface area contributed by atoms with Crippen molar-refractivity contribution in [3.63, 3.8) is 0 Å². The summed E-state index contributed by atoms with van der Waals surface area (Å²) in [6, 6.07) is 24.3. The predicted molar refractivity (Wildman–Crippen MR) is 97.2 cm³/mol. The van der Waals surface area contributed by atoms with Crippen molar-refractivity contribution >= 4 is 16.6 Å². The third kappa shape index (κ3) is 2.34. The first kappa shape index (κ1) is 14.2. The zero-order valence-corrected chi connectivity index (χ0v) is 12.9. The molecular weight excluding hydrogens is 298 g/mol. The van der Waals surface area contributed by atoms with Crippen molar-refractivity contribution in [1.82, 2.24) is 9.55 Å². The molecule has 0 radical (unpaired) electrons. The number of anilines is 1. The van der Waals surface area contributed by atoms with Crippen LogP contribution >= 0.6 is 0 Å². The van der Waals surface area contributed by atoms with Crippen molar-refractivity contribution < 1.29 is 0 Å². The standard InChI is InChI=1S/C20H15N3O/c21-15-10-12-16(13-11-15)23-19(14-6-2-1-3-7-14)22-18-9-5-4-8-17(18)20(23)24/h1-13H,21H2. The quantitative estimate of drug-likeness (QED) is 0.575. The molecule has 4 aromatic rings. The molecule has 1 aromatic heterocycles. The molecule has 0 bridgehead atoms.